The van der Waals surface area contributed by atoms with E-state index in [1.165, 1.54) is 19.3 Å². The number of aromatic nitrogens is 1. The number of nitrogens with zero attached hydrogens (tertiary/aromatic N) is 2. The smallest absolute Gasteiger partial charge is 0.252 e. The van der Waals surface area contributed by atoms with Gasteiger partial charge < -0.3 is 9.88 Å². The van der Waals surface area contributed by atoms with Crippen LogP contribution in [-0.4, -0.2) is 52.9 Å². The van der Waals surface area contributed by atoms with Crippen molar-refractivity contribution in [2.75, 3.05) is 26.2 Å². The molecule has 2 aliphatic heterocycles. The Labute approximate surface area is 141 Å². The Balaban J connectivity index is 1.50. The van der Waals surface area contributed by atoms with Crippen molar-refractivity contribution in [3.8, 4) is 0 Å². The second-order valence-electron chi connectivity index (χ2n) is 6.91. The topological polar surface area (TPSA) is 56.4 Å². The maximum atomic E-state index is 12.7. The normalized spacial score (nSPS) is 21.7. The molecular weight excluding hydrogens is 302 g/mol. The number of carbonyl (C=O) groups is 1. The summed E-state index contributed by atoms with van der Waals surface area (Å²) in [5.41, 5.74) is 1.22. The van der Waals surface area contributed by atoms with Crippen molar-refractivity contribution in [1.82, 2.24) is 14.8 Å². The number of fused-ring (bicyclic) bond motifs is 2. The molecule has 0 spiro atoms. The molecule has 1 atom stereocenters. The number of nitrogens with one attached hydrogen (secondary N) is 1. The minimum atomic E-state index is -0.154. The lowest BCUT2D eigenvalue weighted by atomic mass is 9.99. The van der Waals surface area contributed by atoms with Crippen LogP contribution >= 0.6 is 0 Å². The van der Waals surface area contributed by atoms with Gasteiger partial charge in [-0.3, -0.25) is 14.5 Å². The molecule has 0 bridgehead atoms. The van der Waals surface area contributed by atoms with E-state index in [9.17, 15) is 9.59 Å². The highest BCUT2D eigenvalue weighted by Crippen LogP contribution is 2.21. The van der Waals surface area contributed by atoms with Crippen LogP contribution in [-0.2, 0) is 11.2 Å². The number of hydrogen-bond donors (Lipinski definition) is 1. The molecule has 2 saturated heterocycles. The van der Waals surface area contributed by atoms with Crippen LogP contribution in [0.25, 0.3) is 10.9 Å². The Hall–Kier alpha value is -2.14. The molecule has 0 aliphatic carbocycles. The first-order valence-electron chi connectivity index (χ1n) is 8.83. The zero-order valence-electron chi connectivity index (χ0n) is 13.8. The first-order chi connectivity index (χ1) is 11.7. The first kappa shape index (κ1) is 15.4. The minimum Gasteiger partial charge on any atom is -0.340 e. The lowest BCUT2D eigenvalue weighted by molar-refractivity contribution is -0.134. The Morgan fingerprint density at radius 3 is 2.96 bits per heavy atom. The summed E-state index contributed by atoms with van der Waals surface area (Å²) in [6.45, 7) is 3.71. The summed E-state index contributed by atoms with van der Waals surface area (Å²) in [5, 5.41) is 0.969. The lowest BCUT2D eigenvalue weighted by Gasteiger charge is -2.44. The van der Waals surface area contributed by atoms with Gasteiger partial charge in [0.15, 0.2) is 0 Å². The van der Waals surface area contributed by atoms with Crippen LogP contribution in [0.1, 0.15) is 24.8 Å². The summed E-state index contributed by atoms with van der Waals surface area (Å²) < 4.78 is 0. The average molecular weight is 325 g/mol. The van der Waals surface area contributed by atoms with E-state index in [2.05, 4.69) is 9.88 Å². The number of piperidine rings is 1. The molecule has 0 unspecified atom stereocenters. The van der Waals surface area contributed by atoms with Crippen molar-refractivity contribution in [2.24, 2.45) is 0 Å². The van der Waals surface area contributed by atoms with E-state index in [1.807, 2.05) is 35.2 Å². The number of rotatable bonds is 2. The van der Waals surface area contributed by atoms with Crippen molar-refractivity contribution in [1.29, 1.82) is 0 Å². The number of H-pyrrole nitrogens is 1. The number of piperazine rings is 1. The van der Waals surface area contributed by atoms with E-state index in [0.717, 1.165) is 37.1 Å². The molecule has 1 N–H and O–H groups in total. The third-order valence-corrected chi connectivity index (χ3v) is 5.36. The number of hydrogen-bond acceptors (Lipinski definition) is 3. The second-order valence-corrected chi connectivity index (χ2v) is 6.91. The molecule has 2 aliphatic rings. The van der Waals surface area contributed by atoms with Crippen LogP contribution in [0.3, 0.4) is 0 Å². The van der Waals surface area contributed by atoms with Crippen LogP contribution < -0.4 is 5.56 Å². The van der Waals surface area contributed by atoms with Crippen LogP contribution in [0.15, 0.2) is 35.1 Å². The van der Waals surface area contributed by atoms with Crippen LogP contribution in [0.2, 0.25) is 0 Å². The molecule has 2 fully saturated rings. The van der Waals surface area contributed by atoms with E-state index < -0.39 is 0 Å². The van der Waals surface area contributed by atoms with E-state index in [1.54, 1.807) is 0 Å². The SMILES string of the molecule is O=C(Cc1cc2ccccc2[nH]c1=O)N1CCN2CCCC[C@H]2C1. The zero-order chi connectivity index (χ0) is 16.5. The number of pyridine rings is 1. The van der Waals surface area contributed by atoms with E-state index in [4.69, 9.17) is 0 Å². The maximum Gasteiger partial charge on any atom is 0.252 e. The molecule has 5 nitrogen and oxygen atoms in total. The third-order valence-electron chi connectivity index (χ3n) is 5.36. The van der Waals surface area contributed by atoms with Crippen molar-refractivity contribution in [2.45, 2.75) is 31.7 Å². The fourth-order valence-electron chi connectivity index (χ4n) is 3.98. The van der Waals surface area contributed by atoms with E-state index >= 15 is 0 Å². The summed E-state index contributed by atoms with van der Waals surface area (Å²) in [7, 11) is 0. The lowest BCUT2D eigenvalue weighted by Crippen LogP contribution is -2.56. The summed E-state index contributed by atoms with van der Waals surface area (Å²) in [5.74, 6) is 0.0704. The first-order valence-corrected chi connectivity index (χ1v) is 8.83. The molecule has 0 radical (unpaired) electrons. The number of aromatic amines is 1. The van der Waals surface area contributed by atoms with Crippen LogP contribution in [0.5, 0.6) is 0 Å². The van der Waals surface area contributed by atoms with Crippen molar-refractivity contribution >= 4 is 16.8 Å². The van der Waals surface area contributed by atoms with E-state index in [-0.39, 0.29) is 17.9 Å². The van der Waals surface area contributed by atoms with Crippen LogP contribution in [0, 0.1) is 0 Å². The summed E-state index contributed by atoms with van der Waals surface area (Å²) in [6, 6.07) is 10.0. The number of benzene rings is 1. The number of amides is 1. The molecule has 24 heavy (non-hydrogen) atoms. The summed E-state index contributed by atoms with van der Waals surface area (Å²) in [4.78, 5) is 32.3. The molecule has 3 heterocycles. The average Bonchev–Trinajstić information content (AvgIpc) is 2.62. The van der Waals surface area contributed by atoms with Crippen molar-refractivity contribution in [3.63, 3.8) is 0 Å². The molecule has 2 aromatic rings. The summed E-state index contributed by atoms with van der Waals surface area (Å²) in [6.07, 6.45) is 3.90. The monoisotopic (exact) mass is 325 g/mol. The van der Waals surface area contributed by atoms with E-state index in [0.29, 0.717) is 11.6 Å². The highest BCUT2D eigenvalue weighted by atomic mass is 16.2. The predicted molar refractivity (Wildman–Crippen MR) is 94.1 cm³/mol. The molecule has 5 heteroatoms. The minimum absolute atomic E-state index is 0.0704. The Bertz CT molecular complexity index is 814. The Morgan fingerprint density at radius 1 is 1.17 bits per heavy atom. The van der Waals surface area contributed by atoms with Crippen LogP contribution in [0.4, 0.5) is 0 Å². The molecule has 126 valence electrons. The summed E-state index contributed by atoms with van der Waals surface area (Å²) >= 11 is 0. The Morgan fingerprint density at radius 2 is 2.04 bits per heavy atom. The quantitative estimate of drug-likeness (QED) is 0.915. The molecule has 0 saturated carbocycles. The van der Waals surface area contributed by atoms with Gasteiger partial charge in [-0.05, 0) is 36.9 Å². The second kappa shape index (κ2) is 6.40. The van der Waals surface area contributed by atoms with Gasteiger partial charge in [-0.1, -0.05) is 24.6 Å². The zero-order valence-corrected chi connectivity index (χ0v) is 13.8. The standard InChI is InChI=1S/C19H23N3O2/c23-18(22-10-9-21-8-4-3-6-16(21)13-22)12-15-11-14-5-1-2-7-17(14)20-19(15)24/h1-2,5,7,11,16H,3-4,6,8-10,12-13H2,(H,20,24)/t16-/m0/s1. The fourth-order valence-corrected chi connectivity index (χ4v) is 3.98. The maximum absolute atomic E-state index is 12.7. The van der Waals surface area contributed by atoms with Gasteiger partial charge in [0.05, 0.1) is 6.42 Å². The van der Waals surface area contributed by atoms with Gasteiger partial charge >= 0.3 is 0 Å². The van der Waals surface area contributed by atoms with Gasteiger partial charge in [0.25, 0.3) is 5.56 Å². The van der Waals surface area contributed by atoms with Gasteiger partial charge in [-0.15, -0.1) is 0 Å². The highest BCUT2D eigenvalue weighted by Gasteiger charge is 2.31. The third kappa shape index (κ3) is 2.96. The van der Waals surface area contributed by atoms with Gasteiger partial charge in [0.1, 0.15) is 0 Å². The van der Waals surface area contributed by atoms with Gasteiger partial charge in [-0.2, -0.15) is 0 Å². The molecule has 1 aromatic heterocycles. The van der Waals surface area contributed by atoms with Crippen molar-refractivity contribution in [3.05, 3.63) is 46.2 Å². The van der Waals surface area contributed by atoms with Gasteiger partial charge in [-0.25, -0.2) is 0 Å². The molecular formula is C19H23N3O2. The Kier molecular flexibility index (Phi) is 4.10. The number of para-hydroxylation sites is 1. The number of carbonyl (C=O) groups excluding carboxylic acids is 1. The molecule has 4 rings (SSSR count). The fraction of sp³-hybridized carbons (Fsp3) is 0.474. The largest absolute Gasteiger partial charge is 0.340 e. The van der Waals surface area contributed by atoms with Gasteiger partial charge in [0, 0.05) is 36.8 Å². The van der Waals surface area contributed by atoms with Crippen molar-refractivity contribution < 1.29 is 4.79 Å². The molecule has 1 aromatic carbocycles. The predicted octanol–water partition coefficient (Wildman–Crippen LogP) is 1.77. The van der Waals surface area contributed by atoms with Gasteiger partial charge in [0.2, 0.25) is 5.91 Å². The highest BCUT2D eigenvalue weighted by molar-refractivity contribution is 5.82. The molecule has 1 amide bonds.